The van der Waals surface area contributed by atoms with Crippen LogP contribution in [0.1, 0.15) is 26.6 Å². The van der Waals surface area contributed by atoms with Crippen molar-refractivity contribution in [3.05, 3.63) is 12.2 Å². The molecule has 1 unspecified atom stereocenters. The number of nitrogens with one attached hydrogen (secondary N) is 1. The lowest BCUT2D eigenvalue weighted by Crippen LogP contribution is -2.45. The van der Waals surface area contributed by atoms with Gasteiger partial charge in [-0.15, -0.1) is 24.0 Å². The van der Waals surface area contributed by atoms with Gasteiger partial charge in [0.05, 0.1) is 12.6 Å². The van der Waals surface area contributed by atoms with E-state index in [0.29, 0.717) is 13.1 Å². The van der Waals surface area contributed by atoms with Crippen molar-refractivity contribution in [3.8, 4) is 0 Å². The lowest BCUT2D eigenvalue weighted by molar-refractivity contribution is 0.0202. The third-order valence-electron chi connectivity index (χ3n) is 3.45. The first-order valence-corrected chi connectivity index (χ1v) is 7.07. The van der Waals surface area contributed by atoms with Crippen LogP contribution in [0.25, 0.3) is 0 Å². The van der Waals surface area contributed by atoms with Crippen molar-refractivity contribution < 1.29 is 4.74 Å². The predicted octanol–water partition coefficient (Wildman–Crippen LogP) is 1.50. The minimum atomic E-state index is 0. The normalized spacial score (nSPS) is 13.5. The molecule has 8 heteroatoms. The van der Waals surface area contributed by atoms with Crippen LogP contribution >= 0.6 is 24.0 Å². The summed E-state index contributed by atoms with van der Waals surface area (Å²) in [6, 6.07) is 0. The van der Waals surface area contributed by atoms with Gasteiger partial charge in [0.15, 0.2) is 5.96 Å². The number of aliphatic imine (C=N–C) groups is 1. The maximum absolute atomic E-state index is 5.55. The molecular weight excluding hydrogens is 395 g/mol. The van der Waals surface area contributed by atoms with Gasteiger partial charge in [0.25, 0.3) is 0 Å². The second kappa shape index (κ2) is 9.29. The summed E-state index contributed by atoms with van der Waals surface area (Å²) < 4.78 is 7.31. The smallest absolute Gasteiger partial charge is 0.193 e. The Kier molecular flexibility index (Phi) is 8.91. The fourth-order valence-electron chi connectivity index (χ4n) is 2.06. The van der Waals surface area contributed by atoms with E-state index in [-0.39, 0.29) is 35.5 Å². The summed E-state index contributed by atoms with van der Waals surface area (Å²) in [4.78, 5) is 10.5. The molecule has 0 aliphatic rings. The van der Waals surface area contributed by atoms with Gasteiger partial charge in [-0.25, -0.2) is 4.98 Å². The van der Waals surface area contributed by atoms with Crippen molar-refractivity contribution in [2.75, 3.05) is 27.7 Å². The van der Waals surface area contributed by atoms with Crippen LogP contribution < -0.4 is 5.32 Å². The lowest BCUT2D eigenvalue weighted by atomic mass is 9.89. The van der Waals surface area contributed by atoms with Gasteiger partial charge in [0.1, 0.15) is 12.2 Å². The molecule has 22 heavy (non-hydrogen) atoms. The highest BCUT2D eigenvalue weighted by atomic mass is 127. The molecule has 1 N–H and O–H groups in total. The molecule has 0 aromatic carbocycles. The van der Waals surface area contributed by atoms with Gasteiger partial charge in [-0.3, -0.25) is 9.67 Å². The number of guanidine groups is 1. The SMILES string of the molecule is CN=C(NCC(OC)C(C)(C)C)N(C)Cc1ncnn1C.I. The third-order valence-corrected chi connectivity index (χ3v) is 3.45. The first-order chi connectivity index (χ1) is 9.79. The lowest BCUT2D eigenvalue weighted by Gasteiger charge is -2.31. The topological polar surface area (TPSA) is 67.6 Å². The van der Waals surface area contributed by atoms with Crippen molar-refractivity contribution >= 4 is 29.9 Å². The summed E-state index contributed by atoms with van der Waals surface area (Å²) in [5.74, 6) is 1.70. The highest BCUT2D eigenvalue weighted by Crippen LogP contribution is 2.20. The average Bonchev–Trinajstić information content (AvgIpc) is 2.78. The highest BCUT2D eigenvalue weighted by Gasteiger charge is 2.24. The summed E-state index contributed by atoms with van der Waals surface area (Å²) in [5, 5.41) is 7.43. The molecule has 1 aromatic heterocycles. The number of nitrogens with zero attached hydrogens (tertiary/aromatic N) is 5. The molecule has 0 bridgehead atoms. The van der Waals surface area contributed by atoms with Crippen molar-refractivity contribution in [2.24, 2.45) is 17.5 Å². The Labute approximate surface area is 150 Å². The number of ether oxygens (including phenoxy) is 1. The van der Waals surface area contributed by atoms with Gasteiger partial charge in [0.2, 0.25) is 0 Å². The zero-order valence-corrected chi connectivity index (χ0v) is 17.0. The van der Waals surface area contributed by atoms with E-state index >= 15 is 0 Å². The average molecular weight is 424 g/mol. The van der Waals surface area contributed by atoms with Gasteiger partial charge in [-0.05, 0) is 5.41 Å². The first-order valence-electron chi connectivity index (χ1n) is 7.07. The summed E-state index contributed by atoms with van der Waals surface area (Å²) in [7, 11) is 7.37. The van der Waals surface area contributed by atoms with E-state index in [1.54, 1.807) is 25.2 Å². The van der Waals surface area contributed by atoms with Crippen LogP contribution in [0.3, 0.4) is 0 Å². The van der Waals surface area contributed by atoms with Crippen molar-refractivity contribution in [1.29, 1.82) is 0 Å². The molecule has 0 saturated heterocycles. The Morgan fingerprint density at radius 2 is 2.14 bits per heavy atom. The van der Waals surface area contributed by atoms with Crippen LogP contribution in [0.2, 0.25) is 0 Å². The van der Waals surface area contributed by atoms with Crippen LogP contribution in [-0.2, 0) is 18.3 Å². The maximum Gasteiger partial charge on any atom is 0.193 e. The second-order valence-electron chi connectivity index (χ2n) is 6.17. The summed E-state index contributed by atoms with van der Waals surface area (Å²) in [5.41, 5.74) is 0.0722. The molecule has 1 atom stereocenters. The minimum absolute atomic E-state index is 0. The Bertz CT molecular complexity index is 468. The molecule has 0 aliphatic heterocycles. The molecule has 7 nitrogen and oxygen atoms in total. The van der Waals surface area contributed by atoms with E-state index in [0.717, 1.165) is 11.8 Å². The zero-order valence-electron chi connectivity index (χ0n) is 14.6. The van der Waals surface area contributed by atoms with Gasteiger partial charge in [-0.1, -0.05) is 20.8 Å². The summed E-state index contributed by atoms with van der Waals surface area (Å²) >= 11 is 0. The number of rotatable bonds is 5. The molecule has 0 fully saturated rings. The minimum Gasteiger partial charge on any atom is -0.379 e. The van der Waals surface area contributed by atoms with Gasteiger partial charge in [-0.2, -0.15) is 5.10 Å². The van der Waals surface area contributed by atoms with E-state index in [1.165, 1.54) is 0 Å². The van der Waals surface area contributed by atoms with E-state index in [9.17, 15) is 0 Å². The first kappa shape index (κ1) is 21.1. The monoisotopic (exact) mass is 424 g/mol. The van der Waals surface area contributed by atoms with Crippen LogP contribution in [0.4, 0.5) is 0 Å². The van der Waals surface area contributed by atoms with E-state index in [1.807, 2.05) is 19.0 Å². The number of halogens is 1. The Morgan fingerprint density at radius 3 is 2.55 bits per heavy atom. The Balaban J connectivity index is 0.00000441. The fraction of sp³-hybridized carbons (Fsp3) is 0.786. The zero-order chi connectivity index (χ0) is 16.0. The van der Waals surface area contributed by atoms with E-state index in [4.69, 9.17) is 4.74 Å². The van der Waals surface area contributed by atoms with Crippen LogP contribution in [0, 0.1) is 5.41 Å². The predicted molar refractivity (Wildman–Crippen MR) is 99.5 cm³/mol. The number of aryl methyl sites for hydroxylation is 1. The molecule has 1 heterocycles. The van der Waals surface area contributed by atoms with Gasteiger partial charge >= 0.3 is 0 Å². The molecule has 0 saturated carbocycles. The third kappa shape index (κ3) is 6.07. The Morgan fingerprint density at radius 1 is 1.50 bits per heavy atom. The largest absolute Gasteiger partial charge is 0.379 e. The number of aromatic nitrogens is 3. The van der Waals surface area contributed by atoms with Crippen molar-refractivity contribution in [3.63, 3.8) is 0 Å². The quantitative estimate of drug-likeness (QED) is 0.441. The molecule has 1 rings (SSSR count). The number of methoxy groups -OCH3 is 1. The molecule has 0 spiro atoms. The molecular formula is C14H29IN6O. The van der Waals surface area contributed by atoms with Crippen LogP contribution in [0.5, 0.6) is 0 Å². The van der Waals surface area contributed by atoms with Crippen LogP contribution in [-0.4, -0.2) is 59.5 Å². The van der Waals surface area contributed by atoms with E-state index < -0.39 is 0 Å². The van der Waals surface area contributed by atoms with Crippen molar-refractivity contribution in [1.82, 2.24) is 25.0 Å². The Hall–Kier alpha value is -0.900. The van der Waals surface area contributed by atoms with Gasteiger partial charge in [0, 0.05) is 34.8 Å². The highest BCUT2D eigenvalue weighted by molar-refractivity contribution is 14.0. The van der Waals surface area contributed by atoms with Crippen LogP contribution in [0.15, 0.2) is 11.3 Å². The summed E-state index contributed by atoms with van der Waals surface area (Å²) in [6.07, 6.45) is 1.66. The number of hydrogen-bond acceptors (Lipinski definition) is 4. The maximum atomic E-state index is 5.55. The number of hydrogen-bond donors (Lipinski definition) is 1. The van der Waals surface area contributed by atoms with Crippen molar-refractivity contribution in [2.45, 2.75) is 33.4 Å². The molecule has 0 aliphatic carbocycles. The van der Waals surface area contributed by atoms with Gasteiger partial charge < -0.3 is 15.0 Å². The molecule has 128 valence electrons. The summed E-state index contributed by atoms with van der Waals surface area (Å²) in [6.45, 7) is 7.83. The standard InChI is InChI=1S/C14H28N6O.HI/c1-14(2,3)11(21-7)8-16-13(15-4)19(5)9-12-17-10-18-20(12)6;/h10-11H,8-9H2,1-7H3,(H,15,16);1H. The fourth-order valence-corrected chi connectivity index (χ4v) is 2.06. The second-order valence-corrected chi connectivity index (χ2v) is 6.17. The molecule has 0 amide bonds. The molecule has 1 aromatic rings. The van der Waals surface area contributed by atoms with E-state index in [2.05, 4.69) is 41.2 Å². The molecule has 0 radical (unpaired) electrons.